The number of halogens is 1. The van der Waals surface area contributed by atoms with Crippen LogP contribution in [0.2, 0.25) is 0 Å². The lowest BCUT2D eigenvalue weighted by atomic mass is 10.1. The molecule has 0 spiro atoms. The SMILES string of the molecule is Cc1coc(NC(=O)c2cccc(CCl)c2)n1. The zero-order valence-electron chi connectivity index (χ0n) is 9.24. The van der Waals surface area contributed by atoms with E-state index >= 15 is 0 Å². The normalized spacial score (nSPS) is 10.2. The van der Waals surface area contributed by atoms with E-state index in [1.165, 1.54) is 6.26 Å². The lowest BCUT2D eigenvalue weighted by Gasteiger charge is -2.02. The Bertz CT molecular complexity index is 537. The third kappa shape index (κ3) is 2.85. The summed E-state index contributed by atoms with van der Waals surface area (Å²) in [7, 11) is 0. The topological polar surface area (TPSA) is 55.1 Å². The van der Waals surface area contributed by atoms with E-state index in [-0.39, 0.29) is 11.9 Å². The Morgan fingerprint density at radius 2 is 2.35 bits per heavy atom. The van der Waals surface area contributed by atoms with Gasteiger partial charge in [-0.05, 0) is 24.6 Å². The van der Waals surface area contributed by atoms with Gasteiger partial charge in [0.2, 0.25) is 0 Å². The van der Waals surface area contributed by atoms with Gasteiger partial charge in [0, 0.05) is 11.4 Å². The molecule has 0 aliphatic rings. The van der Waals surface area contributed by atoms with Crippen LogP contribution in [0.4, 0.5) is 6.01 Å². The summed E-state index contributed by atoms with van der Waals surface area (Å²) in [5.41, 5.74) is 2.14. The number of aromatic nitrogens is 1. The molecule has 5 heteroatoms. The molecule has 0 atom stereocenters. The van der Waals surface area contributed by atoms with Crippen LogP contribution in [-0.4, -0.2) is 10.9 Å². The van der Waals surface area contributed by atoms with Crippen molar-refractivity contribution in [2.45, 2.75) is 12.8 Å². The Labute approximate surface area is 104 Å². The van der Waals surface area contributed by atoms with Crippen molar-refractivity contribution in [1.29, 1.82) is 0 Å². The molecule has 17 heavy (non-hydrogen) atoms. The Morgan fingerprint density at radius 1 is 1.53 bits per heavy atom. The number of carbonyl (C=O) groups excluding carboxylic acids is 1. The van der Waals surface area contributed by atoms with Crippen LogP contribution in [-0.2, 0) is 5.88 Å². The van der Waals surface area contributed by atoms with Crippen molar-refractivity contribution in [3.8, 4) is 0 Å². The van der Waals surface area contributed by atoms with Crippen LogP contribution in [0.3, 0.4) is 0 Å². The fourth-order valence-corrected chi connectivity index (χ4v) is 1.54. The summed E-state index contributed by atoms with van der Waals surface area (Å²) < 4.78 is 5.04. The lowest BCUT2D eigenvalue weighted by molar-refractivity contribution is 0.102. The molecule has 2 aromatic rings. The van der Waals surface area contributed by atoms with Crippen LogP contribution >= 0.6 is 11.6 Å². The third-order valence-electron chi connectivity index (χ3n) is 2.18. The summed E-state index contributed by atoms with van der Waals surface area (Å²) in [6.45, 7) is 1.78. The molecule has 0 saturated heterocycles. The van der Waals surface area contributed by atoms with Crippen molar-refractivity contribution in [1.82, 2.24) is 4.98 Å². The number of amides is 1. The molecular formula is C12H11ClN2O2. The van der Waals surface area contributed by atoms with Gasteiger partial charge in [-0.3, -0.25) is 10.1 Å². The Kier molecular flexibility index (Phi) is 3.44. The zero-order valence-corrected chi connectivity index (χ0v) is 9.99. The van der Waals surface area contributed by atoms with Gasteiger partial charge in [0.1, 0.15) is 6.26 Å². The molecular weight excluding hydrogens is 240 g/mol. The van der Waals surface area contributed by atoms with Crippen molar-refractivity contribution in [3.05, 3.63) is 47.3 Å². The van der Waals surface area contributed by atoms with Gasteiger partial charge in [-0.15, -0.1) is 11.6 Å². The summed E-state index contributed by atoms with van der Waals surface area (Å²) in [5.74, 6) is 0.109. The van der Waals surface area contributed by atoms with E-state index in [0.29, 0.717) is 11.4 Å². The molecule has 1 amide bonds. The Hall–Kier alpha value is -1.81. The average molecular weight is 251 g/mol. The van der Waals surface area contributed by atoms with E-state index in [1.54, 1.807) is 25.1 Å². The third-order valence-corrected chi connectivity index (χ3v) is 2.49. The molecule has 4 nitrogen and oxygen atoms in total. The number of carbonyl (C=O) groups is 1. The van der Waals surface area contributed by atoms with Crippen LogP contribution in [0.1, 0.15) is 21.6 Å². The number of nitrogens with one attached hydrogen (secondary N) is 1. The molecule has 1 aromatic carbocycles. The minimum absolute atomic E-state index is 0.198. The molecule has 0 unspecified atom stereocenters. The number of rotatable bonds is 3. The summed E-state index contributed by atoms with van der Waals surface area (Å²) in [4.78, 5) is 15.8. The summed E-state index contributed by atoms with van der Waals surface area (Å²) in [5, 5.41) is 2.57. The van der Waals surface area contributed by atoms with Crippen molar-refractivity contribution >= 4 is 23.5 Å². The first kappa shape index (κ1) is 11.7. The highest BCUT2D eigenvalue weighted by atomic mass is 35.5. The van der Waals surface area contributed by atoms with Crippen molar-refractivity contribution in [3.63, 3.8) is 0 Å². The second-order valence-electron chi connectivity index (χ2n) is 3.58. The van der Waals surface area contributed by atoms with Gasteiger partial charge in [0.25, 0.3) is 5.91 Å². The van der Waals surface area contributed by atoms with Crippen LogP contribution in [0.25, 0.3) is 0 Å². The number of aryl methyl sites for hydroxylation is 1. The molecule has 0 aliphatic heterocycles. The van der Waals surface area contributed by atoms with E-state index in [0.717, 1.165) is 11.3 Å². The predicted octanol–water partition coefficient (Wildman–Crippen LogP) is 2.97. The second kappa shape index (κ2) is 5.01. The van der Waals surface area contributed by atoms with Gasteiger partial charge in [-0.2, -0.15) is 4.98 Å². The molecule has 0 saturated carbocycles. The van der Waals surface area contributed by atoms with Crippen LogP contribution < -0.4 is 5.32 Å². The van der Waals surface area contributed by atoms with Gasteiger partial charge in [-0.25, -0.2) is 0 Å². The van der Waals surface area contributed by atoms with Crippen LogP contribution in [0.15, 0.2) is 34.9 Å². The molecule has 0 aliphatic carbocycles. The summed E-state index contributed by atoms with van der Waals surface area (Å²) in [6, 6.07) is 7.29. The quantitative estimate of drug-likeness (QED) is 0.852. The first-order chi connectivity index (χ1) is 8.19. The minimum atomic E-state index is -0.265. The maximum atomic E-state index is 11.8. The predicted molar refractivity (Wildman–Crippen MR) is 65.2 cm³/mol. The van der Waals surface area contributed by atoms with Crippen LogP contribution in [0, 0.1) is 6.92 Å². The first-order valence-corrected chi connectivity index (χ1v) is 5.61. The van der Waals surface area contributed by atoms with E-state index in [2.05, 4.69) is 10.3 Å². The van der Waals surface area contributed by atoms with Crippen LogP contribution in [0.5, 0.6) is 0 Å². The maximum absolute atomic E-state index is 11.8. The number of alkyl halides is 1. The minimum Gasteiger partial charge on any atom is -0.432 e. The number of anilines is 1. The van der Waals surface area contributed by atoms with Gasteiger partial charge in [-0.1, -0.05) is 12.1 Å². The number of benzene rings is 1. The maximum Gasteiger partial charge on any atom is 0.301 e. The molecule has 0 fully saturated rings. The fraction of sp³-hybridized carbons (Fsp3) is 0.167. The van der Waals surface area contributed by atoms with E-state index in [4.69, 9.17) is 16.0 Å². The molecule has 2 rings (SSSR count). The molecule has 1 heterocycles. The van der Waals surface area contributed by atoms with Gasteiger partial charge in [0.15, 0.2) is 0 Å². The number of nitrogens with zero attached hydrogens (tertiary/aromatic N) is 1. The standard InChI is InChI=1S/C12H11ClN2O2/c1-8-7-17-12(14-8)15-11(16)10-4-2-3-9(5-10)6-13/h2-5,7H,6H2,1H3,(H,14,15,16). The zero-order chi connectivity index (χ0) is 12.3. The summed E-state index contributed by atoms with van der Waals surface area (Å²) in [6.07, 6.45) is 1.48. The van der Waals surface area contributed by atoms with Crippen molar-refractivity contribution in [2.24, 2.45) is 0 Å². The second-order valence-corrected chi connectivity index (χ2v) is 3.85. The Morgan fingerprint density at radius 3 is 3.00 bits per heavy atom. The highest BCUT2D eigenvalue weighted by Gasteiger charge is 2.09. The molecule has 1 N–H and O–H groups in total. The summed E-state index contributed by atoms with van der Waals surface area (Å²) >= 11 is 5.70. The number of oxazole rings is 1. The highest BCUT2D eigenvalue weighted by molar-refractivity contribution is 6.17. The molecule has 1 aromatic heterocycles. The molecule has 0 radical (unpaired) electrons. The molecule has 0 bridgehead atoms. The van der Waals surface area contributed by atoms with E-state index in [1.807, 2.05) is 6.07 Å². The highest BCUT2D eigenvalue weighted by Crippen LogP contribution is 2.11. The van der Waals surface area contributed by atoms with Crippen molar-refractivity contribution < 1.29 is 9.21 Å². The fourth-order valence-electron chi connectivity index (χ4n) is 1.38. The van der Waals surface area contributed by atoms with Gasteiger partial charge < -0.3 is 4.42 Å². The first-order valence-electron chi connectivity index (χ1n) is 5.07. The smallest absolute Gasteiger partial charge is 0.301 e. The number of hydrogen-bond acceptors (Lipinski definition) is 3. The van der Waals surface area contributed by atoms with E-state index < -0.39 is 0 Å². The largest absolute Gasteiger partial charge is 0.432 e. The average Bonchev–Trinajstić information content (AvgIpc) is 2.75. The van der Waals surface area contributed by atoms with Crippen molar-refractivity contribution in [2.75, 3.05) is 5.32 Å². The van der Waals surface area contributed by atoms with Gasteiger partial charge >= 0.3 is 6.01 Å². The van der Waals surface area contributed by atoms with E-state index in [9.17, 15) is 4.79 Å². The Balaban J connectivity index is 2.14. The number of hydrogen-bond donors (Lipinski definition) is 1. The monoisotopic (exact) mass is 250 g/mol. The molecule has 88 valence electrons. The lowest BCUT2D eigenvalue weighted by Crippen LogP contribution is -2.12. The van der Waals surface area contributed by atoms with Gasteiger partial charge in [0.05, 0.1) is 5.69 Å².